The Morgan fingerprint density at radius 1 is 1.43 bits per heavy atom. The summed E-state index contributed by atoms with van der Waals surface area (Å²) >= 11 is 3.37. The number of nitrogens with one attached hydrogen (secondary N) is 1. The number of hydrogen-bond donors (Lipinski definition) is 2. The van der Waals surface area contributed by atoms with Crippen LogP contribution in [0.2, 0.25) is 0 Å². The third kappa shape index (κ3) is 2.26. The molecule has 1 aromatic rings. The van der Waals surface area contributed by atoms with Gasteiger partial charge >= 0.3 is 0 Å². The summed E-state index contributed by atoms with van der Waals surface area (Å²) in [6, 6.07) is 7.63. The molecule has 3 nitrogen and oxygen atoms in total. The van der Waals surface area contributed by atoms with E-state index in [4.69, 9.17) is 4.74 Å². The third-order valence-corrected chi connectivity index (χ3v) is 2.70. The number of aliphatic hydroxyl groups excluding tert-OH is 1. The summed E-state index contributed by atoms with van der Waals surface area (Å²) in [6.45, 7) is 1.31. The lowest BCUT2D eigenvalue weighted by molar-refractivity contribution is 0.0737. The highest BCUT2D eigenvalue weighted by Crippen LogP contribution is 2.20. The van der Waals surface area contributed by atoms with Gasteiger partial charge in [-0.15, -0.1) is 0 Å². The predicted molar refractivity (Wildman–Crippen MR) is 57.4 cm³/mol. The van der Waals surface area contributed by atoms with Gasteiger partial charge in [-0.1, -0.05) is 22.0 Å². The Balaban J connectivity index is 2.03. The Hall–Kier alpha value is -0.580. The number of aliphatic hydroxyl groups is 1. The number of β-amino-alcohol motifs (C(OH)–C–C–N with tert-alkyl or cyclic N) is 1. The van der Waals surface area contributed by atoms with Crippen molar-refractivity contribution in [2.75, 3.05) is 13.1 Å². The van der Waals surface area contributed by atoms with E-state index in [9.17, 15) is 5.11 Å². The summed E-state index contributed by atoms with van der Waals surface area (Å²) in [7, 11) is 0. The zero-order chi connectivity index (χ0) is 9.97. The molecule has 76 valence electrons. The van der Waals surface area contributed by atoms with Gasteiger partial charge in [-0.3, -0.25) is 0 Å². The van der Waals surface area contributed by atoms with Crippen molar-refractivity contribution in [3.8, 4) is 5.75 Å². The van der Waals surface area contributed by atoms with Crippen LogP contribution >= 0.6 is 15.9 Å². The van der Waals surface area contributed by atoms with E-state index in [2.05, 4.69) is 21.2 Å². The molecule has 4 heteroatoms. The first kappa shape index (κ1) is 9.96. The van der Waals surface area contributed by atoms with Crippen molar-refractivity contribution < 1.29 is 9.84 Å². The summed E-state index contributed by atoms with van der Waals surface area (Å²) in [4.78, 5) is 0. The Bertz CT molecular complexity index is 319. The molecule has 1 aliphatic heterocycles. The highest BCUT2D eigenvalue weighted by Gasteiger charge is 2.26. The molecule has 2 atom stereocenters. The van der Waals surface area contributed by atoms with Crippen LogP contribution in [0, 0.1) is 0 Å². The zero-order valence-electron chi connectivity index (χ0n) is 7.61. The van der Waals surface area contributed by atoms with Gasteiger partial charge in [0.15, 0.2) is 0 Å². The molecule has 2 rings (SSSR count). The van der Waals surface area contributed by atoms with Gasteiger partial charge in [0.1, 0.15) is 18.0 Å². The van der Waals surface area contributed by atoms with Crippen molar-refractivity contribution in [3.05, 3.63) is 28.7 Å². The minimum Gasteiger partial charge on any atom is -0.486 e. The summed E-state index contributed by atoms with van der Waals surface area (Å²) in [6.07, 6.45) is -0.543. The van der Waals surface area contributed by atoms with Crippen molar-refractivity contribution in [2.45, 2.75) is 12.2 Å². The topological polar surface area (TPSA) is 41.5 Å². The predicted octanol–water partition coefficient (Wildman–Crippen LogP) is 1.16. The second kappa shape index (κ2) is 4.29. The minimum absolute atomic E-state index is 0.135. The molecule has 0 spiro atoms. The fourth-order valence-electron chi connectivity index (χ4n) is 1.48. The van der Waals surface area contributed by atoms with Crippen LogP contribution in [0.3, 0.4) is 0 Å². The van der Waals surface area contributed by atoms with Crippen LogP contribution in [0.1, 0.15) is 0 Å². The molecule has 0 aromatic heterocycles. The lowest BCUT2D eigenvalue weighted by Crippen LogP contribution is -2.29. The van der Waals surface area contributed by atoms with Crippen LogP contribution in [-0.4, -0.2) is 30.4 Å². The van der Waals surface area contributed by atoms with Crippen molar-refractivity contribution in [3.63, 3.8) is 0 Å². The fraction of sp³-hybridized carbons (Fsp3) is 0.400. The maximum Gasteiger partial charge on any atom is 0.138 e. The van der Waals surface area contributed by atoms with Gasteiger partial charge in [0, 0.05) is 17.6 Å². The van der Waals surface area contributed by atoms with Crippen LogP contribution in [0.15, 0.2) is 28.7 Å². The third-order valence-electron chi connectivity index (χ3n) is 2.21. The van der Waals surface area contributed by atoms with Gasteiger partial charge in [0.2, 0.25) is 0 Å². The average molecular weight is 258 g/mol. The second-order valence-electron chi connectivity index (χ2n) is 3.34. The van der Waals surface area contributed by atoms with E-state index in [1.54, 1.807) is 0 Å². The number of rotatable bonds is 2. The number of halogens is 1. The average Bonchev–Trinajstić information content (AvgIpc) is 2.52. The largest absolute Gasteiger partial charge is 0.486 e. The van der Waals surface area contributed by atoms with E-state index in [-0.39, 0.29) is 6.10 Å². The maximum atomic E-state index is 9.52. The van der Waals surface area contributed by atoms with Crippen molar-refractivity contribution >= 4 is 15.9 Å². The Labute approximate surface area is 91.2 Å². The van der Waals surface area contributed by atoms with Gasteiger partial charge in [-0.05, 0) is 18.2 Å². The van der Waals surface area contributed by atoms with Gasteiger partial charge < -0.3 is 15.2 Å². The molecule has 1 fully saturated rings. The van der Waals surface area contributed by atoms with E-state index in [0.717, 1.165) is 10.2 Å². The second-order valence-corrected chi connectivity index (χ2v) is 4.25. The van der Waals surface area contributed by atoms with Gasteiger partial charge in [-0.2, -0.15) is 0 Å². The monoisotopic (exact) mass is 257 g/mol. The summed E-state index contributed by atoms with van der Waals surface area (Å²) in [5.41, 5.74) is 0. The van der Waals surface area contributed by atoms with Crippen LogP contribution in [0.4, 0.5) is 0 Å². The maximum absolute atomic E-state index is 9.52. The van der Waals surface area contributed by atoms with Gasteiger partial charge in [0.25, 0.3) is 0 Å². The molecule has 1 saturated heterocycles. The number of hydrogen-bond acceptors (Lipinski definition) is 3. The van der Waals surface area contributed by atoms with Gasteiger partial charge in [-0.25, -0.2) is 0 Å². The normalized spacial score (nSPS) is 26.4. The summed E-state index contributed by atoms with van der Waals surface area (Å²) < 4.78 is 6.61. The Morgan fingerprint density at radius 2 is 2.29 bits per heavy atom. The molecule has 0 saturated carbocycles. The van der Waals surface area contributed by atoms with Crippen LogP contribution in [0.25, 0.3) is 0 Å². The molecule has 0 aliphatic carbocycles. The quantitative estimate of drug-likeness (QED) is 0.836. The molecule has 0 bridgehead atoms. The van der Waals surface area contributed by atoms with E-state index in [1.165, 1.54) is 0 Å². The first-order chi connectivity index (χ1) is 6.75. The Morgan fingerprint density at radius 3 is 2.93 bits per heavy atom. The zero-order valence-corrected chi connectivity index (χ0v) is 9.20. The fourth-order valence-corrected chi connectivity index (χ4v) is 1.85. The number of benzene rings is 1. The van der Waals surface area contributed by atoms with E-state index >= 15 is 0 Å². The van der Waals surface area contributed by atoms with Crippen molar-refractivity contribution in [1.29, 1.82) is 0 Å². The molecular formula is C10H12BrNO2. The van der Waals surface area contributed by atoms with E-state index in [1.807, 2.05) is 24.3 Å². The first-order valence-corrected chi connectivity index (χ1v) is 5.36. The van der Waals surface area contributed by atoms with Crippen LogP contribution in [0.5, 0.6) is 5.75 Å². The van der Waals surface area contributed by atoms with E-state index in [0.29, 0.717) is 13.1 Å². The van der Waals surface area contributed by atoms with Crippen molar-refractivity contribution in [1.82, 2.24) is 5.32 Å². The lowest BCUT2D eigenvalue weighted by atomic mass is 10.2. The molecule has 1 aromatic carbocycles. The summed E-state index contributed by atoms with van der Waals surface area (Å²) in [5.74, 6) is 0.784. The molecule has 2 N–H and O–H groups in total. The van der Waals surface area contributed by atoms with Crippen LogP contribution in [-0.2, 0) is 0 Å². The molecule has 1 heterocycles. The molecular weight excluding hydrogens is 246 g/mol. The number of ether oxygens (including phenoxy) is 1. The molecule has 0 radical (unpaired) electrons. The molecule has 0 unspecified atom stereocenters. The molecule has 0 amide bonds. The smallest absolute Gasteiger partial charge is 0.138 e. The lowest BCUT2D eigenvalue weighted by Gasteiger charge is -2.16. The van der Waals surface area contributed by atoms with E-state index < -0.39 is 6.10 Å². The van der Waals surface area contributed by atoms with Crippen LogP contribution < -0.4 is 10.1 Å². The van der Waals surface area contributed by atoms with Crippen molar-refractivity contribution in [2.24, 2.45) is 0 Å². The Kier molecular flexibility index (Phi) is 3.05. The SMILES string of the molecule is O[C@H]1CNC[C@@H]1Oc1cccc(Br)c1. The minimum atomic E-state index is -0.408. The first-order valence-electron chi connectivity index (χ1n) is 4.57. The van der Waals surface area contributed by atoms with Gasteiger partial charge in [0.05, 0.1) is 0 Å². The standard InChI is InChI=1S/C10H12BrNO2/c11-7-2-1-3-8(4-7)14-10-6-12-5-9(10)13/h1-4,9-10,12-13H,5-6H2/t9-,10-/m0/s1. The highest BCUT2D eigenvalue weighted by atomic mass is 79.9. The molecule has 14 heavy (non-hydrogen) atoms. The molecule has 1 aliphatic rings. The highest BCUT2D eigenvalue weighted by molar-refractivity contribution is 9.10. The summed E-state index contributed by atoms with van der Waals surface area (Å²) in [5, 5.41) is 12.6.